The highest BCUT2D eigenvalue weighted by Gasteiger charge is 2.15. The zero-order valence-corrected chi connectivity index (χ0v) is 17.2. The number of aldehydes is 1. The molecule has 1 N–H and O–H groups in total. The fourth-order valence-corrected chi connectivity index (χ4v) is 2.62. The minimum atomic E-state index is 0.588. The van der Waals surface area contributed by atoms with Gasteiger partial charge in [0.05, 0.1) is 13.2 Å². The van der Waals surface area contributed by atoms with Gasteiger partial charge in [0, 0.05) is 26.2 Å². The van der Waals surface area contributed by atoms with Crippen molar-refractivity contribution in [1.29, 1.82) is 0 Å². The number of nitrogens with zero attached hydrogens (tertiary/aromatic N) is 2. The van der Waals surface area contributed by atoms with Crippen LogP contribution in [-0.4, -0.2) is 76.1 Å². The first-order chi connectivity index (χ1) is 12.8. The first kappa shape index (κ1) is 24.6. The maximum absolute atomic E-state index is 10.5. The lowest BCUT2D eigenvalue weighted by molar-refractivity contribution is -0.109. The summed E-state index contributed by atoms with van der Waals surface area (Å²) >= 11 is 0. The first-order valence-electron chi connectivity index (χ1n) is 9.94. The summed E-state index contributed by atoms with van der Waals surface area (Å²) in [6, 6.07) is 10.00. The molecule has 0 saturated carbocycles. The molecule has 5 nitrogen and oxygen atoms in total. The van der Waals surface area contributed by atoms with E-state index in [1.165, 1.54) is 19.4 Å². The summed E-state index contributed by atoms with van der Waals surface area (Å²) in [5.74, 6) is 0.962. The van der Waals surface area contributed by atoms with Crippen molar-refractivity contribution in [1.82, 2.24) is 15.1 Å². The molecule has 1 aliphatic rings. The van der Waals surface area contributed by atoms with Crippen LogP contribution in [0.1, 0.15) is 33.1 Å². The van der Waals surface area contributed by atoms with Gasteiger partial charge in [-0.3, -0.25) is 4.90 Å². The molecule has 0 unspecified atom stereocenters. The molecule has 2 rings (SSSR count). The van der Waals surface area contributed by atoms with E-state index in [1.54, 1.807) is 0 Å². The van der Waals surface area contributed by atoms with Crippen LogP contribution in [0.15, 0.2) is 30.3 Å². The van der Waals surface area contributed by atoms with Crippen LogP contribution in [0, 0.1) is 0 Å². The van der Waals surface area contributed by atoms with E-state index in [1.807, 2.05) is 58.3 Å². The number of nitrogens with one attached hydrogen (secondary N) is 1. The molecule has 0 aromatic heterocycles. The van der Waals surface area contributed by atoms with Crippen LogP contribution in [0.4, 0.5) is 0 Å². The Bertz CT molecular complexity index is 407. The quantitative estimate of drug-likeness (QED) is 0.538. The predicted molar refractivity (Wildman–Crippen MR) is 111 cm³/mol. The van der Waals surface area contributed by atoms with Gasteiger partial charge in [-0.25, -0.2) is 0 Å². The molecule has 1 heterocycles. The fraction of sp³-hybridized carbons (Fsp3) is 0.667. The van der Waals surface area contributed by atoms with Gasteiger partial charge in [0.1, 0.15) is 12.0 Å². The average molecular weight is 366 g/mol. The second-order valence-electron chi connectivity index (χ2n) is 6.03. The fourth-order valence-electron chi connectivity index (χ4n) is 2.62. The van der Waals surface area contributed by atoms with E-state index in [2.05, 4.69) is 15.1 Å². The Morgan fingerprint density at radius 2 is 1.54 bits per heavy atom. The second-order valence-corrected chi connectivity index (χ2v) is 6.03. The Labute approximate surface area is 160 Å². The van der Waals surface area contributed by atoms with E-state index in [9.17, 15) is 4.79 Å². The van der Waals surface area contributed by atoms with Gasteiger partial charge in [-0.15, -0.1) is 0 Å². The van der Waals surface area contributed by atoms with Crippen LogP contribution in [-0.2, 0) is 4.79 Å². The number of unbranched alkanes of at least 4 members (excludes halogenated alkanes) is 2. The largest absolute Gasteiger partial charge is 0.494 e. The lowest BCUT2D eigenvalue weighted by Gasteiger charge is -2.33. The average Bonchev–Trinajstić information content (AvgIpc) is 2.69. The standard InChI is InChI=1S/C17H26N2O2.C2H7N.C2H6/c20-15-14-19-12-10-18(11-13-19)9-5-2-6-16-21-17-7-3-1-4-8-17;1-3-2;1-2/h1,3-4,7-8,15H,2,5-6,9-14,16H2;3H,1-2H3;1-2H3. The molecule has 1 saturated heterocycles. The highest BCUT2D eigenvalue weighted by atomic mass is 16.5. The van der Waals surface area contributed by atoms with Crippen molar-refractivity contribution < 1.29 is 9.53 Å². The number of benzene rings is 1. The van der Waals surface area contributed by atoms with E-state index in [4.69, 9.17) is 4.74 Å². The van der Waals surface area contributed by atoms with Gasteiger partial charge in [0.15, 0.2) is 0 Å². The van der Waals surface area contributed by atoms with Crippen molar-refractivity contribution in [3.05, 3.63) is 30.3 Å². The number of para-hydroxylation sites is 1. The molecule has 1 aromatic rings. The molecule has 0 bridgehead atoms. The van der Waals surface area contributed by atoms with Gasteiger partial charge in [-0.05, 0) is 52.0 Å². The summed E-state index contributed by atoms with van der Waals surface area (Å²) in [4.78, 5) is 15.2. The van der Waals surface area contributed by atoms with Crippen molar-refractivity contribution in [2.24, 2.45) is 0 Å². The van der Waals surface area contributed by atoms with E-state index in [0.29, 0.717) is 6.54 Å². The molecule has 1 fully saturated rings. The Morgan fingerprint density at radius 3 is 2.12 bits per heavy atom. The zero-order valence-electron chi connectivity index (χ0n) is 17.2. The number of hydrogen-bond donors (Lipinski definition) is 1. The summed E-state index contributed by atoms with van der Waals surface area (Å²) in [5, 5.41) is 2.75. The highest BCUT2D eigenvalue weighted by molar-refractivity contribution is 5.51. The number of hydrogen-bond acceptors (Lipinski definition) is 5. The third-order valence-corrected chi connectivity index (χ3v) is 3.93. The van der Waals surface area contributed by atoms with Crippen LogP contribution in [0.2, 0.25) is 0 Å². The molecular weight excluding hydrogens is 326 g/mol. The Kier molecular flexibility index (Phi) is 17.4. The van der Waals surface area contributed by atoms with Crippen LogP contribution in [0.3, 0.4) is 0 Å². The molecular formula is C21H39N3O2. The van der Waals surface area contributed by atoms with Gasteiger partial charge in [-0.1, -0.05) is 32.0 Å². The van der Waals surface area contributed by atoms with Crippen LogP contribution < -0.4 is 10.1 Å². The Morgan fingerprint density at radius 1 is 0.962 bits per heavy atom. The van der Waals surface area contributed by atoms with Gasteiger partial charge < -0.3 is 19.7 Å². The molecule has 0 amide bonds. The maximum Gasteiger partial charge on any atom is 0.133 e. The number of piperazine rings is 1. The maximum atomic E-state index is 10.5. The molecule has 26 heavy (non-hydrogen) atoms. The summed E-state index contributed by atoms with van der Waals surface area (Å²) in [7, 11) is 3.75. The van der Waals surface area contributed by atoms with Crippen molar-refractivity contribution >= 4 is 6.29 Å². The van der Waals surface area contributed by atoms with Crippen molar-refractivity contribution in [3.63, 3.8) is 0 Å². The molecule has 0 radical (unpaired) electrons. The predicted octanol–water partition coefficient (Wildman–Crippen LogP) is 2.91. The van der Waals surface area contributed by atoms with Crippen molar-refractivity contribution in [2.45, 2.75) is 33.1 Å². The second kappa shape index (κ2) is 18.4. The van der Waals surface area contributed by atoms with Crippen molar-refractivity contribution in [2.75, 3.05) is 60.0 Å². The van der Waals surface area contributed by atoms with E-state index >= 15 is 0 Å². The number of ether oxygens (including phenoxy) is 1. The Hall–Kier alpha value is -1.43. The summed E-state index contributed by atoms with van der Waals surface area (Å²) in [6.45, 7) is 10.8. The van der Waals surface area contributed by atoms with Gasteiger partial charge in [0.2, 0.25) is 0 Å². The minimum absolute atomic E-state index is 0.588. The van der Waals surface area contributed by atoms with Crippen LogP contribution >= 0.6 is 0 Å². The molecule has 5 heteroatoms. The molecule has 0 aliphatic carbocycles. The van der Waals surface area contributed by atoms with E-state index < -0.39 is 0 Å². The highest BCUT2D eigenvalue weighted by Crippen LogP contribution is 2.09. The molecule has 0 atom stereocenters. The lowest BCUT2D eigenvalue weighted by Crippen LogP contribution is -2.46. The van der Waals surface area contributed by atoms with E-state index in [0.717, 1.165) is 51.2 Å². The SMILES string of the molecule is CC.CNC.O=CCN1CCN(CCCCCOc2ccccc2)CC1. The summed E-state index contributed by atoms with van der Waals surface area (Å²) < 4.78 is 5.69. The normalized spacial score (nSPS) is 14.5. The topological polar surface area (TPSA) is 44.8 Å². The van der Waals surface area contributed by atoms with Crippen LogP contribution in [0.5, 0.6) is 5.75 Å². The third kappa shape index (κ3) is 12.9. The molecule has 150 valence electrons. The lowest BCUT2D eigenvalue weighted by atomic mass is 10.2. The monoisotopic (exact) mass is 365 g/mol. The first-order valence-corrected chi connectivity index (χ1v) is 9.94. The number of rotatable bonds is 9. The number of carbonyl (C=O) groups excluding carboxylic acids is 1. The number of carbonyl (C=O) groups is 1. The summed E-state index contributed by atoms with van der Waals surface area (Å²) in [6.07, 6.45) is 4.55. The zero-order chi connectivity index (χ0) is 19.5. The van der Waals surface area contributed by atoms with Gasteiger partial charge in [0.25, 0.3) is 0 Å². The Balaban J connectivity index is 0.00000113. The third-order valence-electron chi connectivity index (χ3n) is 3.93. The minimum Gasteiger partial charge on any atom is -0.494 e. The molecule has 1 aromatic carbocycles. The van der Waals surface area contributed by atoms with Crippen LogP contribution in [0.25, 0.3) is 0 Å². The smallest absolute Gasteiger partial charge is 0.133 e. The molecule has 0 spiro atoms. The van der Waals surface area contributed by atoms with Crippen molar-refractivity contribution in [3.8, 4) is 5.75 Å². The summed E-state index contributed by atoms with van der Waals surface area (Å²) in [5.41, 5.74) is 0. The molecule has 1 aliphatic heterocycles. The van der Waals surface area contributed by atoms with Gasteiger partial charge in [-0.2, -0.15) is 0 Å². The van der Waals surface area contributed by atoms with E-state index in [-0.39, 0.29) is 0 Å². The van der Waals surface area contributed by atoms with Gasteiger partial charge >= 0.3 is 0 Å².